The Labute approximate surface area is 181 Å². The number of amides is 1. The second-order valence-electron chi connectivity index (χ2n) is 8.05. The van der Waals surface area contributed by atoms with E-state index in [2.05, 4.69) is 20.4 Å². The molecule has 0 radical (unpaired) electrons. The minimum atomic E-state index is -0.273. The van der Waals surface area contributed by atoms with Gasteiger partial charge in [-0.3, -0.25) is 4.79 Å². The molecule has 1 amide bonds. The van der Waals surface area contributed by atoms with Crippen molar-refractivity contribution in [2.45, 2.75) is 32.6 Å². The quantitative estimate of drug-likeness (QED) is 0.608. The van der Waals surface area contributed by atoms with Gasteiger partial charge < -0.3 is 14.7 Å². The third-order valence-electron chi connectivity index (χ3n) is 5.76. The number of hydrogen-bond acceptors (Lipinski definition) is 5. The fourth-order valence-electron chi connectivity index (χ4n) is 3.84. The summed E-state index contributed by atoms with van der Waals surface area (Å²) in [6.07, 6.45) is 3.30. The number of aryl methyl sites for hydroxylation is 2. The fraction of sp³-hybridized carbons (Fsp3) is 0.375. The first-order valence-corrected chi connectivity index (χ1v) is 10.8. The van der Waals surface area contributed by atoms with E-state index >= 15 is 0 Å². The van der Waals surface area contributed by atoms with Crippen LogP contribution in [0.3, 0.4) is 0 Å². The van der Waals surface area contributed by atoms with Crippen molar-refractivity contribution in [1.82, 2.24) is 15.0 Å². The number of nitrogens with zero attached hydrogens (tertiary/aromatic N) is 3. The van der Waals surface area contributed by atoms with Crippen LogP contribution in [0.5, 0.6) is 0 Å². The Kier molecular flexibility index (Phi) is 6.72. The van der Waals surface area contributed by atoms with Crippen LogP contribution in [0.1, 0.15) is 30.7 Å². The molecule has 1 fully saturated rings. The summed E-state index contributed by atoms with van der Waals surface area (Å²) < 4.78 is 19.1. The molecule has 0 saturated carbocycles. The molecular weight excluding hydrogens is 395 g/mol. The molecule has 0 atom stereocenters. The van der Waals surface area contributed by atoms with Crippen LogP contribution in [0.25, 0.3) is 11.4 Å². The predicted octanol–water partition coefficient (Wildman–Crippen LogP) is 4.47. The third kappa shape index (κ3) is 5.55. The largest absolute Gasteiger partial charge is 0.339 e. The summed E-state index contributed by atoms with van der Waals surface area (Å²) in [5.41, 5.74) is 2.06. The number of anilines is 1. The Morgan fingerprint density at radius 1 is 1.19 bits per heavy atom. The molecule has 0 bridgehead atoms. The van der Waals surface area contributed by atoms with Gasteiger partial charge >= 0.3 is 0 Å². The second kappa shape index (κ2) is 9.83. The van der Waals surface area contributed by atoms with Gasteiger partial charge in [0.1, 0.15) is 5.82 Å². The lowest BCUT2D eigenvalue weighted by molar-refractivity contribution is -0.121. The van der Waals surface area contributed by atoms with Crippen LogP contribution in [0.15, 0.2) is 53.1 Å². The van der Waals surface area contributed by atoms with Gasteiger partial charge in [-0.05, 0) is 69.6 Å². The van der Waals surface area contributed by atoms with Crippen LogP contribution >= 0.6 is 0 Å². The van der Waals surface area contributed by atoms with E-state index in [1.807, 2.05) is 30.3 Å². The highest BCUT2D eigenvalue weighted by Crippen LogP contribution is 2.21. The number of likely N-dealkylation sites (tertiary alicyclic amines) is 1. The molecule has 3 aromatic rings. The highest BCUT2D eigenvalue weighted by atomic mass is 19.1. The van der Waals surface area contributed by atoms with Crippen LogP contribution in [-0.4, -0.2) is 40.6 Å². The summed E-state index contributed by atoms with van der Waals surface area (Å²) in [5, 5.41) is 6.98. The molecular formula is C24H27FN4O2. The number of benzene rings is 2. The maximum Gasteiger partial charge on any atom is 0.227 e. The number of halogens is 1. The van der Waals surface area contributed by atoms with Gasteiger partial charge in [-0.15, -0.1) is 0 Å². The van der Waals surface area contributed by atoms with E-state index in [1.54, 1.807) is 19.1 Å². The molecule has 0 unspecified atom stereocenters. The molecule has 1 aliphatic rings. The molecule has 0 aliphatic carbocycles. The first-order chi connectivity index (χ1) is 15.1. The molecule has 0 spiro atoms. The van der Waals surface area contributed by atoms with Crippen molar-refractivity contribution in [3.8, 4) is 11.4 Å². The van der Waals surface area contributed by atoms with Gasteiger partial charge in [0.15, 0.2) is 0 Å². The average molecular weight is 423 g/mol. The van der Waals surface area contributed by atoms with E-state index in [-0.39, 0.29) is 17.6 Å². The lowest BCUT2D eigenvalue weighted by Crippen LogP contribution is -2.38. The lowest BCUT2D eigenvalue weighted by Gasteiger charge is -2.31. The predicted molar refractivity (Wildman–Crippen MR) is 117 cm³/mol. The van der Waals surface area contributed by atoms with Gasteiger partial charge in [0.2, 0.25) is 17.6 Å². The standard InChI is InChI=1S/C24H27FN4O2/c1-17-9-10-19(16-21(17)25)23-27-22(31-28-23)8-5-13-29-14-11-18(12-15-29)24(30)26-20-6-3-2-4-7-20/h2-4,6-7,9-10,16,18H,5,8,11-15H2,1H3,(H,26,30). The maximum atomic E-state index is 13.8. The fourth-order valence-corrected chi connectivity index (χ4v) is 3.84. The minimum absolute atomic E-state index is 0.0601. The number of rotatable bonds is 7. The van der Waals surface area contributed by atoms with Crippen molar-refractivity contribution in [2.75, 3.05) is 25.0 Å². The number of nitrogens with one attached hydrogen (secondary N) is 1. The van der Waals surface area contributed by atoms with Gasteiger partial charge in [-0.2, -0.15) is 4.98 Å². The summed E-state index contributed by atoms with van der Waals surface area (Å²) in [6, 6.07) is 14.5. The first-order valence-electron chi connectivity index (χ1n) is 10.8. The van der Waals surface area contributed by atoms with Crippen LogP contribution in [0, 0.1) is 18.7 Å². The van der Waals surface area contributed by atoms with Gasteiger partial charge in [-0.1, -0.05) is 35.5 Å². The number of aromatic nitrogens is 2. The monoisotopic (exact) mass is 422 g/mol. The molecule has 1 saturated heterocycles. The molecule has 1 N–H and O–H groups in total. The molecule has 1 aliphatic heterocycles. The number of hydrogen-bond donors (Lipinski definition) is 1. The first kappa shape index (κ1) is 21.2. The van der Waals surface area contributed by atoms with E-state index in [0.29, 0.717) is 29.3 Å². The van der Waals surface area contributed by atoms with Gasteiger partial charge in [0, 0.05) is 23.6 Å². The van der Waals surface area contributed by atoms with Crippen molar-refractivity contribution in [1.29, 1.82) is 0 Å². The number of para-hydroxylation sites is 1. The smallest absolute Gasteiger partial charge is 0.227 e. The number of carbonyl (C=O) groups is 1. The number of piperidine rings is 1. The number of carbonyl (C=O) groups excluding carboxylic acids is 1. The van der Waals surface area contributed by atoms with Crippen molar-refractivity contribution in [2.24, 2.45) is 5.92 Å². The van der Waals surface area contributed by atoms with Gasteiger partial charge in [-0.25, -0.2) is 4.39 Å². The zero-order valence-corrected chi connectivity index (χ0v) is 17.7. The average Bonchev–Trinajstić information content (AvgIpc) is 3.26. The molecule has 2 heterocycles. The Bertz CT molecular complexity index is 1010. The minimum Gasteiger partial charge on any atom is -0.339 e. The highest BCUT2D eigenvalue weighted by Gasteiger charge is 2.24. The van der Waals surface area contributed by atoms with Gasteiger partial charge in [0.05, 0.1) is 0 Å². The van der Waals surface area contributed by atoms with Crippen LogP contribution < -0.4 is 5.32 Å². The molecule has 162 valence electrons. The molecule has 31 heavy (non-hydrogen) atoms. The molecule has 1 aromatic heterocycles. The Morgan fingerprint density at radius 3 is 2.71 bits per heavy atom. The van der Waals surface area contributed by atoms with E-state index in [0.717, 1.165) is 44.6 Å². The Hall–Kier alpha value is -3.06. The van der Waals surface area contributed by atoms with Crippen molar-refractivity contribution in [3.63, 3.8) is 0 Å². The lowest BCUT2D eigenvalue weighted by atomic mass is 9.95. The maximum absolute atomic E-state index is 13.8. The Balaban J connectivity index is 1.20. The zero-order valence-electron chi connectivity index (χ0n) is 17.7. The van der Waals surface area contributed by atoms with E-state index in [4.69, 9.17) is 4.52 Å². The summed E-state index contributed by atoms with van der Waals surface area (Å²) in [7, 11) is 0. The molecule has 6 nitrogen and oxygen atoms in total. The zero-order chi connectivity index (χ0) is 21.6. The van der Waals surface area contributed by atoms with Crippen molar-refractivity contribution in [3.05, 3.63) is 65.8 Å². The normalized spacial score (nSPS) is 15.2. The van der Waals surface area contributed by atoms with E-state index in [1.165, 1.54) is 6.07 Å². The Morgan fingerprint density at radius 2 is 1.97 bits per heavy atom. The third-order valence-corrected chi connectivity index (χ3v) is 5.76. The van der Waals surface area contributed by atoms with Crippen molar-refractivity contribution >= 4 is 11.6 Å². The summed E-state index contributed by atoms with van der Waals surface area (Å²) in [6.45, 7) is 4.46. The van der Waals surface area contributed by atoms with E-state index < -0.39 is 0 Å². The van der Waals surface area contributed by atoms with Crippen LogP contribution in [0.2, 0.25) is 0 Å². The van der Waals surface area contributed by atoms with Crippen LogP contribution in [-0.2, 0) is 11.2 Å². The van der Waals surface area contributed by atoms with E-state index in [9.17, 15) is 9.18 Å². The second-order valence-corrected chi connectivity index (χ2v) is 8.05. The highest BCUT2D eigenvalue weighted by molar-refractivity contribution is 5.92. The summed E-state index contributed by atoms with van der Waals surface area (Å²) in [4.78, 5) is 19.2. The molecule has 2 aromatic carbocycles. The SMILES string of the molecule is Cc1ccc(-c2noc(CCCN3CCC(C(=O)Nc4ccccc4)CC3)n2)cc1F. The summed E-state index contributed by atoms with van der Waals surface area (Å²) >= 11 is 0. The summed E-state index contributed by atoms with van der Waals surface area (Å²) in [5.74, 6) is 0.874. The molecule has 7 heteroatoms. The van der Waals surface area contributed by atoms with Crippen molar-refractivity contribution < 1.29 is 13.7 Å². The topological polar surface area (TPSA) is 71.3 Å². The van der Waals surface area contributed by atoms with Gasteiger partial charge in [0.25, 0.3) is 0 Å². The van der Waals surface area contributed by atoms with Crippen LogP contribution in [0.4, 0.5) is 10.1 Å². The molecule has 4 rings (SSSR count).